The number of fused-ring (bicyclic) bond motifs is 7. The van der Waals surface area contributed by atoms with Crippen LogP contribution in [0.1, 0.15) is 0 Å². The summed E-state index contributed by atoms with van der Waals surface area (Å²) in [5.74, 6) is 0. The fourth-order valence-corrected chi connectivity index (χ4v) is 3.96. The number of anilines is 1. The first-order valence-corrected chi connectivity index (χ1v) is 10.6. The second kappa shape index (κ2) is 9.21. The third-order valence-corrected chi connectivity index (χ3v) is 5.49. The van der Waals surface area contributed by atoms with Crippen molar-refractivity contribution in [1.29, 1.82) is 0 Å². The molecule has 34 heavy (non-hydrogen) atoms. The van der Waals surface area contributed by atoms with Crippen molar-refractivity contribution in [3.05, 3.63) is 110 Å². The molecule has 0 N–H and O–H groups in total. The Hall–Kier alpha value is -3.80. The molecule has 166 valence electrons. The molecule has 0 radical (unpaired) electrons. The molecule has 0 aliphatic carbocycles. The van der Waals surface area contributed by atoms with Gasteiger partial charge in [-0.3, -0.25) is 0 Å². The predicted molar refractivity (Wildman–Crippen MR) is 131 cm³/mol. The smallest absolute Gasteiger partial charge is 0.510 e. The van der Waals surface area contributed by atoms with Crippen molar-refractivity contribution >= 4 is 44.3 Å². The zero-order valence-electron chi connectivity index (χ0n) is 18.3. The van der Waals surface area contributed by atoms with E-state index in [0.717, 1.165) is 44.3 Å². The van der Waals surface area contributed by atoms with Gasteiger partial charge in [-0.2, -0.15) is 49.1 Å². The van der Waals surface area contributed by atoms with E-state index in [1.165, 1.54) is 0 Å². The first-order valence-electron chi connectivity index (χ1n) is 10.6. The molecule has 0 spiro atoms. The van der Waals surface area contributed by atoms with Crippen LogP contribution in [0, 0.1) is 18.8 Å². The van der Waals surface area contributed by atoms with Crippen molar-refractivity contribution < 1.29 is 20.1 Å². The Morgan fingerprint density at radius 3 is 2.41 bits per heavy atom. The van der Waals surface area contributed by atoms with Crippen molar-refractivity contribution in [3.63, 3.8) is 0 Å². The van der Waals surface area contributed by atoms with Gasteiger partial charge in [-0.05, 0) is 48.5 Å². The van der Waals surface area contributed by atoms with Gasteiger partial charge in [0.1, 0.15) is 5.52 Å². The second-order valence-electron chi connectivity index (χ2n) is 7.70. The quantitative estimate of drug-likeness (QED) is 0.144. The van der Waals surface area contributed by atoms with Gasteiger partial charge in [-0.1, -0.05) is 29.9 Å². The van der Waals surface area contributed by atoms with E-state index in [4.69, 9.17) is 9.97 Å². The largest absolute Gasteiger partial charge is 3.00 e. The molecule has 0 fully saturated rings. The molecule has 6 nitrogen and oxygen atoms in total. The van der Waals surface area contributed by atoms with Crippen LogP contribution in [0.4, 0.5) is 5.69 Å². The van der Waals surface area contributed by atoms with Crippen molar-refractivity contribution in [2.45, 2.75) is 0 Å². The number of rotatable bonds is 1. The Bertz CT molecular complexity index is 1630. The summed E-state index contributed by atoms with van der Waals surface area (Å²) < 4.78 is 2.00. The number of hydrogen-bond donors (Lipinski definition) is 0. The number of hydrogen-bond acceptors (Lipinski definition) is 5. The van der Waals surface area contributed by atoms with E-state index in [9.17, 15) is 0 Å². The summed E-state index contributed by atoms with van der Waals surface area (Å²) in [6.45, 7) is 2.01. The third-order valence-electron chi connectivity index (χ3n) is 5.49. The molecule has 0 saturated heterocycles. The molecule has 7 rings (SSSR count). The summed E-state index contributed by atoms with van der Waals surface area (Å²) in [4.78, 5) is 18.1. The molecule has 0 saturated carbocycles. The molecule has 0 amide bonds. The van der Waals surface area contributed by atoms with Crippen LogP contribution in [0.25, 0.3) is 38.6 Å². The standard InChI is InChI=1S/C17H9N4.C10H10N2.Ir/c1-2-7-13-12(6-1)19-16-11-5-3-9-18-15(11)14-8-4-10-21(14)17(16)20-13;1-11-7-8-12(9-11)10-5-3-2-4-6-10;/h1-7,9-10H;2-5,7-9H,1H3;/q-1;-2;+3. The minimum atomic E-state index is 0. The number of nitrogens with zero attached hydrogens (tertiary/aromatic N) is 6. The molecule has 6 aromatic rings. The van der Waals surface area contributed by atoms with E-state index in [-0.39, 0.29) is 20.1 Å². The molecule has 4 aromatic heterocycles. The van der Waals surface area contributed by atoms with E-state index >= 15 is 0 Å². The van der Waals surface area contributed by atoms with E-state index in [2.05, 4.69) is 17.1 Å². The van der Waals surface area contributed by atoms with Gasteiger partial charge in [0.05, 0.1) is 11.0 Å². The fraction of sp³-hybridized carbons (Fsp3) is 0.0370. The number of aromatic nitrogens is 4. The van der Waals surface area contributed by atoms with Crippen molar-refractivity contribution in [3.8, 4) is 0 Å². The van der Waals surface area contributed by atoms with Gasteiger partial charge < -0.3 is 19.2 Å². The van der Waals surface area contributed by atoms with Gasteiger partial charge in [-0.15, -0.1) is 5.69 Å². The Balaban J connectivity index is 0.000000159. The summed E-state index contributed by atoms with van der Waals surface area (Å²) in [5, 5.41) is 1.01. The Morgan fingerprint density at radius 1 is 0.824 bits per heavy atom. The molecule has 1 aliphatic rings. The van der Waals surface area contributed by atoms with Crippen LogP contribution in [0.2, 0.25) is 0 Å². The average Bonchev–Trinajstić information content (AvgIpc) is 3.54. The van der Waals surface area contributed by atoms with Crippen molar-refractivity contribution in [2.24, 2.45) is 0 Å². The Morgan fingerprint density at radius 2 is 1.65 bits per heavy atom. The maximum absolute atomic E-state index is 4.80. The minimum absolute atomic E-state index is 0. The van der Waals surface area contributed by atoms with E-state index in [0.29, 0.717) is 0 Å². The predicted octanol–water partition coefficient (Wildman–Crippen LogP) is 5.21. The van der Waals surface area contributed by atoms with Crippen LogP contribution in [0.5, 0.6) is 0 Å². The SMILES string of the molecule is CN1C=CN(c2[c-]cccc2)[CH-]1.[Ir+3].[c-]1ccn2c1c1ncccc1c1nc3ccccc3nc12. The molecule has 7 heteroatoms. The number of benzene rings is 2. The summed E-state index contributed by atoms with van der Waals surface area (Å²) in [6, 6.07) is 28.1. The zero-order chi connectivity index (χ0) is 22.2. The molecule has 0 bridgehead atoms. The third kappa shape index (κ3) is 3.89. The normalized spacial score (nSPS) is 12.9. The molecule has 0 atom stereocenters. The Labute approximate surface area is 210 Å². The number of para-hydroxylation sites is 3. The summed E-state index contributed by atoms with van der Waals surface area (Å²) in [6.07, 6.45) is 7.76. The molecular formula is C27H19IrN6. The molecular weight excluding hydrogens is 601 g/mol. The first kappa shape index (κ1) is 22.0. The van der Waals surface area contributed by atoms with Gasteiger partial charge in [0, 0.05) is 6.20 Å². The van der Waals surface area contributed by atoms with E-state index < -0.39 is 0 Å². The van der Waals surface area contributed by atoms with Crippen molar-refractivity contribution in [2.75, 3.05) is 11.9 Å². The van der Waals surface area contributed by atoms with E-state index in [1.54, 1.807) is 6.20 Å². The first-order chi connectivity index (χ1) is 16.3. The second-order valence-corrected chi connectivity index (χ2v) is 7.70. The topological polar surface area (TPSA) is 49.6 Å². The summed E-state index contributed by atoms with van der Waals surface area (Å²) in [5.41, 5.74) is 6.40. The van der Waals surface area contributed by atoms with Gasteiger partial charge in [0.2, 0.25) is 0 Å². The van der Waals surface area contributed by atoms with Gasteiger partial charge >= 0.3 is 20.1 Å². The molecule has 5 heterocycles. The molecule has 0 unspecified atom stereocenters. The van der Waals surface area contributed by atoms with Gasteiger partial charge in [-0.25, -0.2) is 9.97 Å². The van der Waals surface area contributed by atoms with E-state index in [1.807, 2.05) is 113 Å². The Kier molecular flexibility index (Phi) is 5.97. The summed E-state index contributed by atoms with van der Waals surface area (Å²) in [7, 11) is 2.00. The summed E-state index contributed by atoms with van der Waals surface area (Å²) >= 11 is 0. The zero-order valence-corrected chi connectivity index (χ0v) is 20.6. The fourth-order valence-electron chi connectivity index (χ4n) is 3.96. The maximum Gasteiger partial charge on any atom is 3.00 e. The van der Waals surface area contributed by atoms with Gasteiger partial charge in [0.25, 0.3) is 0 Å². The minimum Gasteiger partial charge on any atom is -0.510 e. The van der Waals surface area contributed by atoms with Crippen LogP contribution in [0.15, 0.2) is 91.5 Å². The van der Waals surface area contributed by atoms with Crippen molar-refractivity contribution in [1.82, 2.24) is 24.3 Å². The van der Waals surface area contributed by atoms with Crippen LogP contribution in [0.3, 0.4) is 0 Å². The number of pyridine rings is 2. The molecule has 2 aromatic carbocycles. The van der Waals surface area contributed by atoms with Crippen LogP contribution in [-0.2, 0) is 20.1 Å². The van der Waals surface area contributed by atoms with Crippen LogP contribution in [-0.4, -0.2) is 31.3 Å². The molecule has 1 aliphatic heterocycles. The van der Waals surface area contributed by atoms with Crippen LogP contribution < -0.4 is 4.90 Å². The maximum atomic E-state index is 4.80. The monoisotopic (exact) mass is 620 g/mol. The van der Waals surface area contributed by atoms with Gasteiger partial charge in [0.15, 0.2) is 5.65 Å². The average molecular weight is 620 g/mol. The van der Waals surface area contributed by atoms with Crippen LogP contribution >= 0.6 is 0 Å².